The van der Waals surface area contributed by atoms with Crippen molar-refractivity contribution in [3.05, 3.63) is 64.5 Å². The summed E-state index contributed by atoms with van der Waals surface area (Å²) >= 11 is 0. The number of hydrogen-bond acceptors (Lipinski definition) is 2. The van der Waals surface area contributed by atoms with Crippen LogP contribution >= 0.6 is 0 Å². The number of nitrogens with zero attached hydrogens (tertiary/aromatic N) is 1. The maximum Gasteiger partial charge on any atom is 0.278 e. The topological polar surface area (TPSA) is 43.1 Å². The van der Waals surface area contributed by atoms with E-state index in [0.717, 1.165) is 0 Å². The lowest BCUT2D eigenvalue weighted by Crippen LogP contribution is -1.88. The molecule has 4 heteroatoms. The maximum absolute atomic E-state index is 12.7. The van der Waals surface area contributed by atoms with Gasteiger partial charge in [0.05, 0.1) is 11.0 Å². The minimum Gasteiger partial charge on any atom is -0.258 e. The first-order chi connectivity index (χ1) is 7.66. The van der Waals surface area contributed by atoms with Crippen LogP contribution in [-0.4, -0.2) is 4.92 Å². The van der Waals surface area contributed by atoms with Gasteiger partial charge in [0, 0.05) is 6.07 Å². The van der Waals surface area contributed by atoms with Crippen molar-refractivity contribution in [1.82, 2.24) is 0 Å². The van der Waals surface area contributed by atoms with E-state index in [9.17, 15) is 14.5 Å². The lowest BCUT2D eigenvalue weighted by atomic mass is 10.1. The number of nitro benzene ring substituents is 1. The zero-order valence-corrected chi connectivity index (χ0v) is 8.18. The van der Waals surface area contributed by atoms with E-state index in [1.807, 2.05) is 0 Å². The highest BCUT2D eigenvalue weighted by molar-refractivity contribution is 5.65. The number of rotatable bonds is 2. The van der Waals surface area contributed by atoms with Crippen LogP contribution in [0.2, 0.25) is 0 Å². The lowest BCUT2D eigenvalue weighted by molar-refractivity contribution is -0.385. The minimum absolute atomic E-state index is 0.0955. The average molecular weight is 216 g/mol. The Kier molecular flexibility index (Phi) is 2.64. The molecule has 2 aromatic carbocycles. The first-order valence-corrected chi connectivity index (χ1v) is 4.59. The zero-order chi connectivity index (χ0) is 11.5. The fourth-order valence-corrected chi connectivity index (χ4v) is 1.36. The van der Waals surface area contributed by atoms with E-state index >= 15 is 0 Å². The van der Waals surface area contributed by atoms with Gasteiger partial charge in [-0.3, -0.25) is 10.1 Å². The molecular formula is C12H7FNO2. The number of hydrogen-bond donors (Lipinski definition) is 0. The molecule has 0 fully saturated rings. The molecule has 0 aliphatic carbocycles. The van der Waals surface area contributed by atoms with Gasteiger partial charge in [-0.1, -0.05) is 24.3 Å². The summed E-state index contributed by atoms with van der Waals surface area (Å²) < 4.78 is 12.7. The lowest BCUT2D eigenvalue weighted by Gasteiger charge is -2.00. The molecule has 3 nitrogen and oxygen atoms in total. The second-order valence-corrected chi connectivity index (χ2v) is 3.21. The van der Waals surface area contributed by atoms with Crippen LogP contribution in [0, 0.1) is 22.0 Å². The zero-order valence-electron chi connectivity index (χ0n) is 8.18. The molecular weight excluding hydrogens is 209 g/mol. The van der Waals surface area contributed by atoms with Crippen molar-refractivity contribution in [2.24, 2.45) is 0 Å². The van der Waals surface area contributed by atoms with Crippen molar-refractivity contribution in [3.63, 3.8) is 0 Å². The second kappa shape index (κ2) is 4.10. The van der Waals surface area contributed by atoms with Crippen molar-refractivity contribution in [2.75, 3.05) is 0 Å². The molecule has 2 rings (SSSR count). The van der Waals surface area contributed by atoms with E-state index in [-0.39, 0.29) is 11.5 Å². The van der Waals surface area contributed by atoms with Crippen LogP contribution in [0.4, 0.5) is 10.1 Å². The third kappa shape index (κ3) is 2.06. The molecule has 0 saturated heterocycles. The van der Waals surface area contributed by atoms with E-state index in [0.29, 0.717) is 11.1 Å². The highest BCUT2D eigenvalue weighted by Crippen LogP contribution is 2.22. The Morgan fingerprint density at radius 3 is 2.44 bits per heavy atom. The van der Waals surface area contributed by atoms with Gasteiger partial charge in [-0.25, -0.2) is 4.39 Å². The Balaban J connectivity index is 2.44. The van der Waals surface area contributed by atoms with Crippen molar-refractivity contribution >= 4 is 5.69 Å². The summed E-state index contributed by atoms with van der Waals surface area (Å²) in [6, 6.07) is 13.0. The van der Waals surface area contributed by atoms with Crippen LogP contribution < -0.4 is 0 Å². The summed E-state index contributed by atoms with van der Waals surface area (Å²) in [7, 11) is 0. The molecule has 0 saturated carbocycles. The van der Waals surface area contributed by atoms with Gasteiger partial charge in [-0.15, -0.1) is 0 Å². The van der Waals surface area contributed by atoms with Crippen LogP contribution in [0.1, 0.15) is 0 Å². The number of benzene rings is 2. The van der Waals surface area contributed by atoms with Crippen LogP contribution in [0.5, 0.6) is 0 Å². The van der Waals surface area contributed by atoms with Crippen LogP contribution in [0.3, 0.4) is 0 Å². The quantitative estimate of drug-likeness (QED) is 0.571. The van der Waals surface area contributed by atoms with Gasteiger partial charge in [0.25, 0.3) is 5.69 Å². The maximum atomic E-state index is 12.7. The Hall–Kier alpha value is -2.23. The summed E-state index contributed by atoms with van der Waals surface area (Å²) in [6.45, 7) is 0. The molecule has 0 aromatic heterocycles. The average Bonchev–Trinajstić information content (AvgIpc) is 2.30. The van der Waals surface area contributed by atoms with Crippen molar-refractivity contribution in [2.45, 2.75) is 0 Å². The van der Waals surface area contributed by atoms with Crippen LogP contribution in [0.25, 0.3) is 11.1 Å². The fraction of sp³-hybridized carbons (Fsp3) is 0. The molecule has 0 amide bonds. The van der Waals surface area contributed by atoms with Crippen molar-refractivity contribution < 1.29 is 9.31 Å². The largest absolute Gasteiger partial charge is 0.278 e. The summed E-state index contributed by atoms with van der Waals surface area (Å²) in [5, 5.41) is 10.6. The number of nitro groups is 1. The van der Waals surface area contributed by atoms with E-state index in [2.05, 4.69) is 6.07 Å². The third-order valence-electron chi connectivity index (χ3n) is 2.13. The Morgan fingerprint density at radius 2 is 1.81 bits per heavy atom. The molecule has 0 heterocycles. The smallest absolute Gasteiger partial charge is 0.258 e. The van der Waals surface area contributed by atoms with Crippen LogP contribution in [0.15, 0.2) is 42.5 Å². The minimum atomic E-state index is -0.507. The van der Waals surface area contributed by atoms with E-state index in [1.165, 1.54) is 18.2 Å². The van der Waals surface area contributed by atoms with E-state index in [4.69, 9.17) is 0 Å². The van der Waals surface area contributed by atoms with Gasteiger partial charge in [0.2, 0.25) is 0 Å². The van der Waals surface area contributed by atoms with Gasteiger partial charge >= 0.3 is 0 Å². The van der Waals surface area contributed by atoms with Gasteiger partial charge in [0.15, 0.2) is 0 Å². The second-order valence-electron chi connectivity index (χ2n) is 3.21. The SMILES string of the molecule is O=[N+]([O-])c1[c]c(-c2ccc(F)cc2)ccc1. The molecule has 0 atom stereocenters. The predicted molar refractivity (Wildman–Crippen MR) is 57.3 cm³/mol. The van der Waals surface area contributed by atoms with Gasteiger partial charge in [0.1, 0.15) is 5.82 Å². The number of halogens is 1. The highest BCUT2D eigenvalue weighted by atomic mass is 19.1. The fourth-order valence-electron chi connectivity index (χ4n) is 1.36. The van der Waals surface area contributed by atoms with E-state index < -0.39 is 4.92 Å². The molecule has 16 heavy (non-hydrogen) atoms. The van der Waals surface area contributed by atoms with Crippen molar-refractivity contribution in [3.8, 4) is 11.1 Å². The first kappa shape index (κ1) is 10.3. The predicted octanol–water partition coefficient (Wildman–Crippen LogP) is 3.20. The molecule has 0 N–H and O–H groups in total. The highest BCUT2D eigenvalue weighted by Gasteiger charge is 2.07. The summed E-state index contributed by atoms with van der Waals surface area (Å²) in [5.41, 5.74) is 1.18. The summed E-state index contributed by atoms with van der Waals surface area (Å²) in [6.07, 6.45) is 0. The Morgan fingerprint density at radius 1 is 1.12 bits per heavy atom. The van der Waals surface area contributed by atoms with Gasteiger partial charge < -0.3 is 0 Å². The molecule has 1 radical (unpaired) electrons. The number of non-ortho nitro benzene ring substituents is 1. The molecule has 79 valence electrons. The first-order valence-electron chi connectivity index (χ1n) is 4.59. The standard InChI is InChI=1S/C12H7FNO2/c13-11-6-4-9(5-7-11)10-2-1-3-12(8-10)14(15)16/h1-7H. The third-order valence-corrected chi connectivity index (χ3v) is 2.13. The Bertz CT molecular complexity index is 523. The molecule has 0 spiro atoms. The Labute approximate surface area is 91.3 Å². The normalized spacial score (nSPS) is 10.1. The molecule has 0 bridgehead atoms. The van der Waals surface area contributed by atoms with Gasteiger partial charge in [-0.05, 0) is 23.3 Å². The van der Waals surface area contributed by atoms with Crippen LogP contribution in [-0.2, 0) is 0 Å². The van der Waals surface area contributed by atoms with Crippen molar-refractivity contribution in [1.29, 1.82) is 0 Å². The molecule has 0 aliphatic heterocycles. The summed E-state index contributed by atoms with van der Waals surface area (Å²) in [4.78, 5) is 10.0. The summed E-state index contributed by atoms with van der Waals surface area (Å²) in [5.74, 6) is -0.339. The van der Waals surface area contributed by atoms with Gasteiger partial charge in [-0.2, -0.15) is 0 Å². The molecule has 0 unspecified atom stereocenters. The molecule has 2 aromatic rings. The monoisotopic (exact) mass is 216 g/mol. The molecule has 0 aliphatic rings. The van der Waals surface area contributed by atoms with E-state index in [1.54, 1.807) is 24.3 Å².